The monoisotopic (exact) mass is 334 g/mol. The second-order valence-electron chi connectivity index (χ2n) is 4.25. The van der Waals surface area contributed by atoms with Gasteiger partial charge < -0.3 is 30.0 Å². The van der Waals surface area contributed by atoms with Crippen molar-refractivity contribution in [3.05, 3.63) is 12.1 Å². The number of halogens is 1. The van der Waals surface area contributed by atoms with Crippen molar-refractivity contribution in [2.75, 3.05) is 40.3 Å². The second-order valence-corrected chi connectivity index (χ2v) is 4.25. The Balaban J connectivity index is 0.00000441. The molecule has 7 nitrogen and oxygen atoms in total. The highest BCUT2D eigenvalue weighted by molar-refractivity contribution is 5.93. The zero-order valence-electron chi connectivity index (χ0n) is 13.2. The summed E-state index contributed by atoms with van der Waals surface area (Å²) in [5, 5.41) is 2.75. The molecule has 1 aromatic rings. The zero-order chi connectivity index (χ0) is 15.8. The average molecular weight is 335 g/mol. The van der Waals surface area contributed by atoms with Gasteiger partial charge in [0, 0.05) is 25.8 Å². The number of ether oxygens (including phenoxy) is 4. The van der Waals surface area contributed by atoms with Gasteiger partial charge in [0.15, 0.2) is 11.5 Å². The summed E-state index contributed by atoms with van der Waals surface area (Å²) in [5.41, 5.74) is 5.99. The van der Waals surface area contributed by atoms with Gasteiger partial charge in [0.05, 0.1) is 39.5 Å². The van der Waals surface area contributed by atoms with Gasteiger partial charge in [-0.05, 0) is 0 Å². The Morgan fingerprint density at radius 1 is 1.09 bits per heavy atom. The second kappa shape index (κ2) is 10.1. The molecule has 126 valence electrons. The number of amides is 1. The molecule has 0 heterocycles. The average Bonchev–Trinajstić information content (AvgIpc) is 2.51. The Bertz CT molecular complexity index is 481. The summed E-state index contributed by atoms with van der Waals surface area (Å²) >= 11 is 0. The Labute approximate surface area is 136 Å². The number of nitrogens with one attached hydrogen (secondary N) is 1. The van der Waals surface area contributed by atoms with Crippen LogP contribution in [0.5, 0.6) is 17.2 Å². The maximum Gasteiger partial charge on any atom is 0.227 e. The largest absolute Gasteiger partial charge is 0.494 e. The van der Waals surface area contributed by atoms with Crippen molar-refractivity contribution < 1.29 is 23.7 Å². The number of rotatable bonds is 8. The summed E-state index contributed by atoms with van der Waals surface area (Å²) in [5.74, 6) is 1.26. The van der Waals surface area contributed by atoms with Crippen LogP contribution in [-0.2, 0) is 9.53 Å². The molecule has 0 radical (unpaired) electrons. The third kappa shape index (κ3) is 5.25. The van der Waals surface area contributed by atoms with E-state index in [1.165, 1.54) is 28.4 Å². The van der Waals surface area contributed by atoms with Crippen LogP contribution in [0.25, 0.3) is 0 Å². The summed E-state index contributed by atoms with van der Waals surface area (Å²) in [6.07, 6.45) is -0.166. The minimum Gasteiger partial charge on any atom is -0.494 e. The Kier molecular flexibility index (Phi) is 9.32. The summed E-state index contributed by atoms with van der Waals surface area (Å²) < 4.78 is 20.7. The van der Waals surface area contributed by atoms with Gasteiger partial charge in [0.1, 0.15) is 5.75 Å². The van der Waals surface area contributed by atoms with Crippen molar-refractivity contribution in [2.45, 2.75) is 12.5 Å². The van der Waals surface area contributed by atoms with Gasteiger partial charge in [-0.25, -0.2) is 0 Å². The summed E-state index contributed by atoms with van der Waals surface area (Å²) in [6, 6.07) is 3.28. The minimum absolute atomic E-state index is 0. The number of anilines is 1. The number of carbonyl (C=O) groups is 1. The Morgan fingerprint density at radius 3 is 2.09 bits per heavy atom. The SMILES string of the molecule is COc1cc(OC)c(OC)cc1NC(=O)CC(CN)OC.Cl. The fraction of sp³-hybridized carbons (Fsp3) is 0.500. The molecule has 0 aliphatic heterocycles. The van der Waals surface area contributed by atoms with Gasteiger partial charge in [-0.15, -0.1) is 12.4 Å². The van der Waals surface area contributed by atoms with E-state index in [9.17, 15) is 4.79 Å². The van der Waals surface area contributed by atoms with Crippen LogP contribution in [0.2, 0.25) is 0 Å². The van der Waals surface area contributed by atoms with E-state index in [0.29, 0.717) is 22.9 Å². The molecule has 3 N–H and O–H groups in total. The van der Waals surface area contributed by atoms with E-state index in [-0.39, 0.29) is 37.4 Å². The highest BCUT2D eigenvalue weighted by Gasteiger charge is 2.16. The fourth-order valence-electron chi connectivity index (χ4n) is 1.80. The highest BCUT2D eigenvalue weighted by atomic mass is 35.5. The molecule has 22 heavy (non-hydrogen) atoms. The fourth-order valence-corrected chi connectivity index (χ4v) is 1.80. The van der Waals surface area contributed by atoms with Crippen molar-refractivity contribution in [2.24, 2.45) is 5.73 Å². The van der Waals surface area contributed by atoms with Crippen LogP contribution < -0.4 is 25.3 Å². The lowest BCUT2D eigenvalue weighted by Crippen LogP contribution is -2.28. The molecule has 0 aliphatic carbocycles. The van der Waals surface area contributed by atoms with Gasteiger partial charge in [-0.1, -0.05) is 0 Å². The molecule has 1 amide bonds. The first-order chi connectivity index (χ1) is 10.1. The van der Waals surface area contributed by atoms with Gasteiger partial charge in [0.2, 0.25) is 5.91 Å². The summed E-state index contributed by atoms with van der Waals surface area (Å²) in [4.78, 5) is 12.0. The zero-order valence-corrected chi connectivity index (χ0v) is 14.0. The molecule has 0 aromatic heterocycles. The molecule has 0 bridgehead atoms. The van der Waals surface area contributed by atoms with Crippen molar-refractivity contribution >= 4 is 24.0 Å². The number of methoxy groups -OCH3 is 4. The van der Waals surface area contributed by atoms with Crippen molar-refractivity contribution in [3.8, 4) is 17.2 Å². The quantitative estimate of drug-likeness (QED) is 0.747. The molecule has 1 rings (SSSR count). The van der Waals surface area contributed by atoms with Crippen LogP contribution in [0, 0.1) is 0 Å². The van der Waals surface area contributed by atoms with Gasteiger partial charge in [-0.2, -0.15) is 0 Å². The Hall–Kier alpha value is -1.70. The number of nitrogens with two attached hydrogens (primary N) is 1. The van der Waals surface area contributed by atoms with Crippen LogP contribution in [0.1, 0.15) is 6.42 Å². The standard InChI is InChI=1S/C14H22N2O5.ClH/c1-18-9(8-15)5-14(17)16-10-6-12(20-3)13(21-4)7-11(10)19-2;/h6-7,9H,5,8,15H2,1-4H3,(H,16,17);1H. The van der Waals surface area contributed by atoms with E-state index in [1.807, 2.05) is 0 Å². The molecule has 0 spiro atoms. The van der Waals surface area contributed by atoms with Crippen molar-refractivity contribution in [3.63, 3.8) is 0 Å². The first-order valence-electron chi connectivity index (χ1n) is 6.42. The topological polar surface area (TPSA) is 92.0 Å². The predicted molar refractivity (Wildman–Crippen MR) is 86.4 cm³/mol. The van der Waals surface area contributed by atoms with Gasteiger partial charge in [-0.3, -0.25) is 4.79 Å². The van der Waals surface area contributed by atoms with Gasteiger partial charge >= 0.3 is 0 Å². The van der Waals surface area contributed by atoms with Crippen molar-refractivity contribution in [1.29, 1.82) is 0 Å². The Morgan fingerprint density at radius 2 is 1.64 bits per heavy atom. The van der Waals surface area contributed by atoms with Crippen LogP contribution in [0.15, 0.2) is 12.1 Å². The van der Waals surface area contributed by atoms with E-state index in [1.54, 1.807) is 12.1 Å². The predicted octanol–water partition coefficient (Wildman–Crippen LogP) is 1.44. The highest BCUT2D eigenvalue weighted by Crippen LogP contribution is 2.37. The number of hydrogen-bond acceptors (Lipinski definition) is 6. The van der Waals surface area contributed by atoms with E-state index >= 15 is 0 Å². The van der Waals surface area contributed by atoms with Crippen LogP contribution in [-0.4, -0.2) is 47.0 Å². The molecule has 0 saturated heterocycles. The molecule has 1 aromatic carbocycles. The molecule has 1 atom stereocenters. The first-order valence-corrected chi connectivity index (χ1v) is 6.42. The van der Waals surface area contributed by atoms with Crippen LogP contribution in [0.4, 0.5) is 5.69 Å². The lowest BCUT2D eigenvalue weighted by molar-refractivity contribution is -0.118. The molecule has 0 aliphatic rings. The third-order valence-electron chi connectivity index (χ3n) is 2.99. The maximum absolute atomic E-state index is 12.0. The molecule has 0 fully saturated rings. The lowest BCUT2D eigenvalue weighted by Gasteiger charge is -2.16. The smallest absolute Gasteiger partial charge is 0.227 e. The minimum atomic E-state index is -0.323. The first kappa shape index (κ1) is 20.3. The number of hydrogen-bond donors (Lipinski definition) is 2. The molecule has 8 heteroatoms. The molecule has 0 saturated carbocycles. The molecular formula is C14H23ClN2O5. The lowest BCUT2D eigenvalue weighted by atomic mass is 10.2. The van der Waals surface area contributed by atoms with E-state index in [0.717, 1.165) is 0 Å². The van der Waals surface area contributed by atoms with Crippen LogP contribution >= 0.6 is 12.4 Å². The molecular weight excluding hydrogens is 312 g/mol. The van der Waals surface area contributed by atoms with Crippen LogP contribution in [0.3, 0.4) is 0 Å². The normalized spacial score (nSPS) is 11.1. The van der Waals surface area contributed by atoms with E-state index < -0.39 is 0 Å². The summed E-state index contributed by atoms with van der Waals surface area (Å²) in [7, 11) is 6.07. The van der Waals surface area contributed by atoms with E-state index in [2.05, 4.69) is 5.32 Å². The van der Waals surface area contributed by atoms with E-state index in [4.69, 9.17) is 24.7 Å². The van der Waals surface area contributed by atoms with Gasteiger partial charge in [0.25, 0.3) is 0 Å². The molecule has 1 unspecified atom stereocenters. The third-order valence-corrected chi connectivity index (χ3v) is 2.99. The summed E-state index contributed by atoms with van der Waals surface area (Å²) in [6.45, 7) is 0.271. The van der Waals surface area contributed by atoms with Crippen molar-refractivity contribution in [1.82, 2.24) is 0 Å². The number of benzene rings is 1. The number of carbonyl (C=O) groups excluding carboxylic acids is 1. The maximum atomic E-state index is 12.0.